The van der Waals surface area contributed by atoms with Gasteiger partial charge in [0, 0.05) is 18.5 Å². The van der Waals surface area contributed by atoms with E-state index in [1.54, 1.807) is 0 Å². The Morgan fingerprint density at radius 1 is 1.26 bits per heavy atom. The number of nitrogens with one attached hydrogen (secondary N) is 1. The predicted octanol–water partition coefficient (Wildman–Crippen LogP) is 1.95. The average Bonchev–Trinajstić information content (AvgIpc) is 2.39. The number of nitrogens with two attached hydrogens (primary N) is 1. The normalized spacial score (nSPS) is 13.6. The van der Waals surface area contributed by atoms with E-state index in [0.717, 1.165) is 12.2 Å². The van der Waals surface area contributed by atoms with Crippen LogP contribution in [0.5, 0.6) is 5.75 Å². The maximum absolute atomic E-state index is 11.8. The molecule has 0 bridgehead atoms. The molecule has 2 atom stereocenters. The van der Waals surface area contributed by atoms with E-state index in [0.29, 0.717) is 19.6 Å². The third kappa shape index (κ3) is 6.82. The number of benzene rings is 1. The summed E-state index contributed by atoms with van der Waals surface area (Å²) < 4.78 is 5.57. The van der Waals surface area contributed by atoms with E-state index in [4.69, 9.17) is 10.5 Å². The highest BCUT2D eigenvalue weighted by molar-refractivity contribution is 5.78. The van der Waals surface area contributed by atoms with Gasteiger partial charge in [-0.05, 0) is 31.9 Å². The number of amides is 1. The van der Waals surface area contributed by atoms with Crippen LogP contribution in [0.4, 0.5) is 0 Å². The third-order valence-electron chi connectivity index (χ3n) is 2.91. The van der Waals surface area contributed by atoms with Gasteiger partial charge in [-0.1, -0.05) is 25.1 Å². The Morgan fingerprint density at radius 3 is 2.58 bits per heavy atom. The molecule has 2 unspecified atom stereocenters. The Morgan fingerprint density at radius 2 is 1.95 bits per heavy atom. The smallest absolute Gasteiger partial charge is 0.222 e. The van der Waals surface area contributed by atoms with Crippen LogP contribution in [-0.4, -0.2) is 25.1 Å². The summed E-state index contributed by atoms with van der Waals surface area (Å²) in [5.41, 5.74) is 5.63. The van der Waals surface area contributed by atoms with Crippen molar-refractivity contribution in [2.45, 2.75) is 32.7 Å². The van der Waals surface area contributed by atoms with Crippen LogP contribution >= 0.6 is 0 Å². The highest BCUT2D eigenvalue weighted by atomic mass is 16.5. The molecule has 1 rings (SSSR count). The Labute approximate surface area is 115 Å². The summed E-state index contributed by atoms with van der Waals surface area (Å²) in [6, 6.07) is 9.75. The first-order valence-corrected chi connectivity index (χ1v) is 6.80. The van der Waals surface area contributed by atoms with Gasteiger partial charge in [0.15, 0.2) is 0 Å². The third-order valence-corrected chi connectivity index (χ3v) is 2.91. The van der Waals surface area contributed by atoms with E-state index in [-0.39, 0.29) is 17.9 Å². The Bertz CT molecular complexity index is 366. The van der Waals surface area contributed by atoms with Gasteiger partial charge in [-0.25, -0.2) is 0 Å². The number of carbonyl (C=O) groups excluding carboxylic acids is 1. The molecule has 1 aromatic rings. The van der Waals surface area contributed by atoms with E-state index in [2.05, 4.69) is 5.32 Å². The molecule has 106 valence electrons. The van der Waals surface area contributed by atoms with Crippen molar-refractivity contribution >= 4 is 5.91 Å². The van der Waals surface area contributed by atoms with Gasteiger partial charge in [0.05, 0.1) is 6.61 Å². The van der Waals surface area contributed by atoms with Crippen LogP contribution in [0, 0.1) is 5.92 Å². The van der Waals surface area contributed by atoms with Gasteiger partial charge < -0.3 is 15.8 Å². The van der Waals surface area contributed by atoms with Crippen LogP contribution in [0.3, 0.4) is 0 Å². The van der Waals surface area contributed by atoms with Gasteiger partial charge in [0.25, 0.3) is 0 Å². The molecule has 0 aliphatic rings. The summed E-state index contributed by atoms with van der Waals surface area (Å²) in [6.07, 6.45) is 1.51. The van der Waals surface area contributed by atoms with E-state index in [1.165, 1.54) is 0 Å². The molecule has 0 radical (unpaired) electrons. The zero-order chi connectivity index (χ0) is 14.1. The summed E-state index contributed by atoms with van der Waals surface area (Å²) in [7, 11) is 0. The molecule has 19 heavy (non-hydrogen) atoms. The quantitative estimate of drug-likeness (QED) is 0.754. The molecule has 4 heteroatoms. The van der Waals surface area contributed by atoms with E-state index in [1.807, 2.05) is 44.2 Å². The van der Waals surface area contributed by atoms with Crippen LogP contribution in [0.25, 0.3) is 0 Å². The molecule has 3 N–H and O–H groups in total. The minimum Gasteiger partial charge on any atom is -0.494 e. The molecule has 0 aromatic heterocycles. The van der Waals surface area contributed by atoms with Gasteiger partial charge >= 0.3 is 0 Å². The molecule has 0 saturated heterocycles. The lowest BCUT2D eigenvalue weighted by atomic mass is 10.1. The first-order chi connectivity index (χ1) is 9.09. The maximum atomic E-state index is 11.8. The van der Waals surface area contributed by atoms with Gasteiger partial charge in [-0.2, -0.15) is 0 Å². The number of hydrogen-bond acceptors (Lipinski definition) is 3. The first-order valence-electron chi connectivity index (χ1n) is 6.80. The minimum atomic E-state index is -0.0446. The molecule has 0 fully saturated rings. The Hall–Kier alpha value is -1.55. The van der Waals surface area contributed by atoms with Crippen molar-refractivity contribution in [2.75, 3.05) is 13.2 Å². The zero-order valence-electron chi connectivity index (χ0n) is 11.8. The Kier molecular flexibility index (Phi) is 6.97. The molecule has 4 nitrogen and oxygen atoms in total. The van der Waals surface area contributed by atoms with Gasteiger partial charge in [0.1, 0.15) is 5.75 Å². The van der Waals surface area contributed by atoms with E-state index >= 15 is 0 Å². The number of para-hydroxylation sites is 1. The fourth-order valence-electron chi connectivity index (χ4n) is 1.60. The van der Waals surface area contributed by atoms with E-state index < -0.39 is 0 Å². The zero-order valence-corrected chi connectivity index (χ0v) is 11.8. The van der Waals surface area contributed by atoms with Gasteiger partial charge in [0.2, 0.25) is 5.91 Å². The topological polar surface area (TPSA) is 64.3 Å². The minimum absolute atomic E-state index is 0.0446. The van der Waals surface area contributed by atoms with Gasteiger partial charge in [-0.15, -0.1) is 0 Å². The largest absolute Gasteiger partial charge is 0.494 e. The van der Waals surface area contributed by atoms with Crippen molar-refractivity contribution in [2.24, 2.45) is 11.7 Å². The molecule has 0 aliphatic heterocycles. The van der Waals surface area contributed by atoms with Crippen molar-refractivity contribution in [3.05, 3.63) is 30.3 Å². The molecule has 0 saturated carbocycles. The second-order valence-corrected chi connectivity index (χ2v) is 4.91. The van der Waals surface area contributed by atoms with Crippen molar-refractivity contribution in [1.82, 2.24) is 5.32 Å². The molecule has 0 heterocycles. The second-order valence-electron chi connectivity index (χ2n) is 4.91. The predicted molar refractivity (Wildman–Crippen MR) is 77.0 cm³/mol. The summed E-state index contributed by atoms with van der Waals surface area (Å²) in [4.78, 5) is 11.8. The second kappa shape index (κ2) is 8.53. The lowest BCUT2D eigenvalue weighted by molar-refractivity contribution is -0.124. The molecular formula is C15H24N2O2. The average molecular weight is 264 g/mol. The molecule has 1 amide bonds. The van der Waals surface area contributed by atoms with Crippen LogP contribution in [-0.2, 0) is 4.79 Å². The van der Waals surface area contributed by atoms with Crippen molar-refractivity contribution in [3.8, 4) is 5.75 Å². The maximum Gasteiger partial charge on any atom is 0.222 e. The van der Waals surface area contributed by atoms with Crippen molar-refractivity contribution in [1.29, 1.82) is 0 Å². The summed E-state index contributed by atoms with van der Waals surface area (Å²) >= 11 is 0. The monoisotopic (exact) mass is 264 g/mol. The Balaban J connectivity index is 2.16. The first kappa shape index (κ1) is 15.5. The number of rotatable bonds is 8. The number of ether oxygens (including phenoxy) is 1. The number of hydrogen-bond donors (Lipinski definition) is 2. The van der Waals surface area contributed by atoms with Crippen LogP contribution < -0.4 is 15.8 Å². The molecule has 0 spiro atoms. The lowest BCUT2D eigenvalue weighted by Crippen LogP contribution is -2.33. The summed E-state index contributed by atoms with van der Waals surface area (Å²) in [5.74, 6) is 0.862. The van der Waals surface area contributed by atoms with Crippen molar-refractivity contribution in [3.63, 3.8) is 0 Å². The van der Waals surface area contributed by atoms with Gasteiger partial charge in [-0.3, -0.25) is 4.79 Å². The molecule has 0 aliphatic carbocycles. The van der Waals surface area contributed by atoms with E-state index in [9.17, 15) is 4.79 Å². The number of carbonyl (C=O) groups is 1. The standard InChI is InChI=1S/C15H24N2O2/c1-12(15(18)17-10-8-13(2)16)9-11-19-14-6-4-3-5-7-14/h3-7,12-13H,8-11,16H2,1-2H3,(H,17,18). The molecular weight excluding hydrogens is 240 g/mol. The highest BCUT2D eigenvalue weighted by Gasteiger charge is 2.12. The van der Waals surface area contributed by atoms with Crippen LogP contribution in [0.2, 0.25) is 0 Å². The molecule has 1 aromatic carbocycles. The highest BCUT2D eigenvalue weighted by Crippen LogP contribution is 2.10. The van der Waals surface area contributed by atoms with Crippen molar-refractivity contribution < 1.29 is 9.53 Å². The summed E-state index contributed by atoms with van der Waals surface area (Å²) in [5, 5.41) is 2.89. The lowest BCUT2D eigenvalue weighted by Gasteiger charge is -2.13. The fraction of sp³-hybridized carbons (Fsp3) is 0.533. The fourth-order valence-corrected chi connectivity index (χ4v) is 1.60. The van der Waals surface area contributed by atoms with Crippen LogP contribution in [0.15, 0.2) is 30.3 Å². The SMILES string of the molecule is CC(N)CCNC(=O)C(C)CCOc1ccccc1. The van der Waals surface area contributed by atoms with Crippen LogP contribution in [0.1, 0.15) is 26.7 Å². The summed E-state index contributed by atoms with van der Waals surface area (Å²) in [6.45, 7) is 5.03.